The Kier molecular flexibility index (Phi) is 6.58. The highest BCUT2D eigenvalue weighted by molar-refractivity contribution is 5.82. The van der Waals surface area contributed by atoms with Crippen LogP contribution in [0.3, 0.4) is 0 Å². The fourth-order valence-corrected chi connectivity index (χ4v) is 4.28. The molecule has 166 valence electrons. The number of nitrogens with zero attached hydrogens (tertiary/aromatic N) is 4. The summed E-state index contributed by atoms with van der Waals surface area (Å²) < 4.78 is 5.08. The lowest BCUT2D eigenvalue weighted by molar-refractivity contribution is -0.140. The van der Waals surface area contributed by atoms with Crippen molar-refractivity contribution in [2.75, 3.05) is 13.7 Å². The van der Waals surface area contributed by atoms with Gasteiger partial charge < -0.3 is 14.7 Å². The number of aliphatic carboxylic acids is 1. The summed E-state index contributed by atoms with van der Waals surface area (Å²) in [4.78, 5) is 39.4. The molecule has 1 amide bonds. The predicted molar refractivity (Wildman–Crippen MR) is 118 cm³/mol. The Morgan fingerprint density at radius 1 is 1.25 bits per heavy atom. The highest BCUT2D eigenvalue weighted by Crippen LogP contribution is 2.33. The summed E-state index contributed by atoms with van der Waals surface area (Å²) in [5, 5.41) is 10.4. The summed E-state index contributed by atoms with van der Waals surface area (Å²) in [7, 11) is 1.52. The summed E-state index contributed by atoms with van der Waals surface area (Å²) in [5.74, 6) is -0.583. The van der Waals surface area contributed by atoms with E-state index < -0.39 is 12.0 Å². The topological polar surface area (TPSA) is 106 Å². The van der Waals surface area contributed by atoms with Gasteiger partial charge in [-0.25, -0.2) is 15.0 Å². The molecule has 1 N–H and O–H groups in total. The fraction of sp³-hybridized carbons (Fsp3) is 0.375. The van der Waals surface area contributed by atoms with Crippen LogP contribution in [-0.4, -0.2) is 50.5 Å². The second kappa shape index (κ2) is 9.72. The van der Waals surface area contributed by atoms with E-state index in [9.17, 15) is 14.7 Å². The van der Waals surface area contributed by atoms with Crippen LogP contribution in [0.4, 0.5) is 0 Å². The molecule has 3 aromatic heterocycles. The van der Waals surface area contributed by atoms with E-state index in [-0.39, 0.29) is 18.2 Å². The number of hydrogen-bond acceptors (Lipinski definition) is 6. The number of carboxylic acids is 1. The van der Waals surface area contributed by atoms with Crippen molar-refractivity contribution in [3.8, 4) is 5.88 Å². The minimum Gasteiger partial charge on any atom is -0.481 e. The van der Waals surface area contributed by atoms with E-state index in [4.69, 9.17) is 4.74 Å². The Morgan fingerprint density at radius 2 is 2.12 bits per heavy atom. The van der Waals surface area contributed by atoms with Crippen molar-refractivity contribution in [1.82, 2.24) is 19.9 Å². The lowest BCUT2D eigenvalue weighted by atomic mass is 9.99. The Hall–Kier alpha value is -3.55. The van der Waals surface area contributed by atoms with E-state index in [1.807, 2.05) is 24.3 Å². The zero-order chi connectivity index (χ0) is 22.5. The second-order valence-electron chi connectivity index (χ2n) is 8.01. The molecule has 0 saturated carbocycles. The van der Waals surface area contributed by atoms with E-state index in [1.54, 1.807) is 29.4 Å². The first-order chi connectivity index (χ1) is 15.5. The van der Waals surface area contributed by atoms with Gasteiger partial charge in [0.05, 0.1) is 19.6 Å². The van der Waals surface area contributed by atoms with E-state index in [0.717, 1.165) is 42.4 Å². The molecule has 0 aliphatic carbocycles. The predicted octanol–water partition coefficient (Wildman–Crippen LogP) is 3.42. The number of hydrogen-bond donors (Lipinski definition) is 1. The third-order valence-electron chi connectivity index (χ3n) is 5.96. The van der Waals surface area contributed by atoms with E-state index in [0.29, 0.717) is 18.0 Å². The third kappa shape index (κ3) is 4.85. The molecule has 0 spiro atoms. The molecule has 2 unspecified atom stereocenters. The van der Waals surface area contributed by atoms with Crippen LogP contribution in [0.1, 0.15) is 43.0 Å². The van der Waals surface area contributed by atoms with Gasteiger partial charge in [0.2, 0.25) is 11.8 Å². The van der Waals surface area contributed by atoms with E-state index in [2.05, 4.69) is 15.0 Å². The van der Waals surface area contributed by atoms with Gasteiger partial charge in [-0.3, -0.25) is 9.59 Å². The lowest BCUT2D eigenvalue weighted by Crippen LogP contribution is -2.33. The van der Waals surface area contributed by atoms with Gasteiger partial charge in [0.25, 0.3) is 0 Å². The quantitative estimate of drug-likeness (QED) is 0.550. The van der Waals surface area contributed by atoms with Gasteiger partial charge in [-0.15, -0.1) is 0 Å². The number of likely N-dealkylation sites (tertiary alicyclic amines) is 1. The average molecular weight is 434 g/mol. The summed E-state index contributed by atoms with van der Waals surface area (Å²) in [5.41, 5.74) is 2.40. The number of pyridine rings is 3. The molecule has 0 radical (unpaired) electrons. The number of carbonyl (C=O) groups is 2. The van der Waals surface area contributed by atoms with Crippen LogP contribution in [0.2, 0.25) is 0 Å². The van der Waals surface area contributed by atoms with Gasteiger partial charge in [0.1, 0.15) is 0 Å². The third-order valence-corrected chi connectivity index (χ3v) is 5.96. The smallest absolute Gasteiger partial charge is 0.305 e. The summed E-state index contributed by atoms with van der Waals surface area (Å²) in [6.07, 6.45) is 6.26. The molecule has 4 rings (SSSR count). The molecule has 8 heteroatoms. The molecule has 1 aliphatic rings. The lowest BCUT2D eigenvalue weighted by Gasteiger charge is -2.27. The maximum absolute atomic E-state index is 13.1. The molecule has 8 nitrogen and oxygen atoms in total. The van der Waals surface area contributed by atoms with Crippen molar-refractivity contribution in [1.29, 1.82) is 0 Å². The maximum Gasteiger partial charge on any atom is 0.305 e. The minimum absolute atomic E-state index is 0.0141. The van der Waals surface area contributed by atoms with Crippen molar-refractivity contribution in [2.24, 2.45) is 5.92 Å². The Bertz CT molecular complexity index is 1100. The maximum atomic E-state index is 13.1. The molecule has 0 aromatic carbocycles. The number of aryl methyl sites for hydroxylation is 1. The van der Waals surface area contributed by atoms with Crippen LogP contribution in [-0.2, 0) is 16.0 Å². The summed E-state index contributed by atoms with van der Waals surface area (Å²) in [6.45, 7) is 0.547. The standard InChI is InChI=1S/C24H26N4O4/c1-32-21-10-8-18(15-26-21)20(14-22(29)30)28-13-11-17(24(28)31)4-2-6-19-9-7-16-5-3-12-25-23(16)27-19/h3,5,7-10,12,15,17,20H,2,4,6,11,13-14H2,1H3,(H,29,30). The number of rotatable bonds is 9. The van der Waals surface area contributed by atoms with E-state index in [1.165, 1.54) is 7.11 Å². The van der Waals surface area contributed by atoms with Gasteiger partial charge in [-0.2, -0.15) is 0 Å². The van der Waals surface area contributed by atoms with E-state index >= 15 is 0 Å². The number of methoxy groups -OCH3 is 1. The Labute approximate surface area is 186 Å². The highest BCUT2D eigenvalue weighted by atomic mass is 16.5. The SMILES string of the molecule is COc1ccc(C(CC(=O)O)N2CCC(CCCc3ccc4cccnc4n3)C2=O)cn1. The van der Waals surface area contributed by atoms with Gasteiger partial charge in [0, 0.05) is 42.0 Å². The van der Waals surface area contributed by atoms with Gasteiger partial charge in [-0.1, -0.05) is 6.07 Å². The number of amides is 1. The molecule has 32 heavy (non-hydrogen) atoms. The normalized spacial score (nSPS) is 17.0. The minimum atomic E-state index is -0.946. The molecular weight excluding hydrogens is 408 g/mol. The molecule has 4 heterocycles. The fourth-order valence-electron chi connectivity index (χ4n) is 4.28. The molecule has 3 aromatic rings. The van der Waals surface area contributed by atoms with Crippen molar-refractivity contribution in [3.05, 3.63) is 60.0 Å². The Morgan fingerprint density at radius 3 is 2.88 bits per heavy atom. The zero-order valence-corrected chi connectivity index (χ0v) is 18.0. The summed E-state index contributed by atoms with van der Waals surface area (Å²) in [6, 6.07) is 10.8. The molecular formula is C24H26N4O4. The van der Waals surface area contributed by atoms with Crippen molar-refractivity contribution < 1.29 is 19.4 Å². The number of carboxylic acid groups (broad SMARTS) is 1. The van der Waals surface area contributed by atoms with Crippen LogP contribution in [0, 0.1) is 5.92 Å². The van der Waals surface area contributed by atoms with Crippen LogP contribution in [0.5, 0.6) is 5.88 Å². The van der Waals surface area contributed by atoms with Crippen LogP contribution in [0.25, 0.3) is 11.0 Å². The molecule has 2 atom stereocenters. The van der Waals surface area contributed by atoms with Gasteiger partial charge in [-0.05, 0) is 55.5 Å². The van der Waals surface area contributed by atoms with Gasteiger partial charge in [0.15, 0.2) is 5.65 Å². The van der Waals surface area contributed by atoms with Crippen molar-refractivity contribution >= 4 is 22.9 Å². The Balaban J connectivity index is 1.38. The van der Waals surface area contributed by atoms with Crippen molar-refractivity contribution in [2.45, 2.75) is 38.1 Å². The largest absolute Gasteiger partial charge is 0.481 e. The number of carbonyl (C=O) groups excluding carboxylic acids is 1. The van der Waals surface area contributed by atoms with Crippen LogP contribution in [0.15, 0.2) is 48.8 Å². The average Bonchev–Trinajstić information content (AvgIpc) is 3.17. The number of ether oxygens (including phenoxy) is 1. The monoisotopic (exact) mass is 434 g/mol. The first kappa shape index (κ1) is 21.7. The molecule has 1 saturated heterocycles. The molecule has 1 aliphatic heterocycles. The molecule has 1 fully saturated rings. The highest BCUT2D eigenvalue weighted by Gasteiger charge is 2.37. The number of aromatic nitrogens is 3. The van der Waals surface area contributed by atoms with Crippen LogP contribution < -0.4 is 4.74 Å². The molecule has 0 bridgehead atoms. The van der Waals surface area contributed by atoms with Crippen LogP contribution >= 0.6 is 0 Å². The zero-order valence-electron chi connectivity index (χ0n) is 18.0. The first-order valence-corrected chi connectivity index (χ1v) is 10.8. The van der Waals surface area contributed by atoms with Gasteiger partial charge >= 0.3 is 5.97 Å². The van der Waals surface area contributed by atoms with Crippen molar-refractivity contribution in [3.63, 3.8) is 0 Å². The number of fused-ring (bicyclic) bond motifs is 1. The first-order valence-electron chi connectivity index (χ1n) is 10.8. The second-order valence-corrected chi connectivity index (χ2v) is 8.01. The summed E-state index contributed by atoms with van der Waals surface area (Å²) >= 11 is 0.